The molecule has 0 atom stereocenters. The van der Waals surface area contributed by atoms with Gasteiger partial charge in [-0.1, -0.05) is 38.5 Å². The molecule has 4 nitrogen and oxygen atoms in total. The molecular formula is C23H31NO3. The molecule has 0 unspecified atom stereocenters. The van der Waals surface area contributed by atoms with Crippen molar-refractivity contribution in [2.75, 3.05) is 18.5 Å². The van der Waals surface area contributed by atoms with Gasteiger partial charge in [0, 0.05) is 23.4 Å². The maximum atomic E-state index is 12.8. The number of carbonyl (C=O) groups excluding carboxylic acids is 1. The summed E-state index contributed by atoms with van der Waals surface area (Å²) in [7, 11) is 0. The monoisotopic (exact) mass is 369 g/mol. The van der Waals surface area contributed by atoms with E-state index >= 15 is 0 Å². The SMILES string of the molecule is CCCCOCc1cc(C(=O)Nc2c(C)cccc2CC)ccc1OCC. The number of hydrogen-bond acceptors (Lipinski definition) is 3. The van der Waals surface area contributed by atoms with Gasteiger partial charge >= 0.3 is 0 Å². The van der Waals surface area contributed by atoms with Crippen molar-refractivity contribution in [3.05, 3.63) is 58.7 Å². The highest BCUT2D eigenvalue weighted by Gasteiger charge is 2.13. The van der Waals surface area contributed by atoms with E-state index in [1.54, 1.807) is 6.07 Å². The molecule has 0 heterocycles. The zero-order valence-corrected chi connectivity index (χ0v) is 16.9. The van der Waals surface area contributed by atoms with Gasteiger partial charge in [0.05, 0.1) is 13.2 Å². The Morgan fingerprint density at radius 1 is 1.07 bits per heavy atom. The lowest BCUT2D eigenvalue weighted by atomic mass is 10.0. The first kappa shape index (κ1) is 21.0. The van der Waals surface area contributed by atoms with Crippen molar-refractivity contribution >= 4 is 11.6 Å². The Morgan fingerprint density at radius 3 is 2.59 bits per heavy atom. The minimum atomic E-state index is -0.114. The summed E-state index contributed by atoms with van der Waals surface area (Å²) in [6.45, 7) is 9.93. The molecule has 0 aliphatic rings. The van der Waals surface area contributed by atoms with Crippen LogP contribution in [0.2, 0.25) is 0 Å². The van der Waals surface area contributed by atoms with E-state index in [-0.39, 0.29) is 5.91 Å². The minimum Gasteiger partial charge on any atom is -0.494 e. The van der Waals surface area contributed by atoms with Crippen molar-refractivity contribution in [3.63, 3.8) is 0 Å². The standard InChI is InChI=1S/C23H31NO3/c1-5-8-14-26-16-20-15-19(12-13-21(20)27-7-3)23(25)24-22-17(4)10-9-11-18(22)6-2/h9-13,15H,5-8,14,16H2,1-4H3,(H,24,25). The van der Waals surface area contributed by atoms with Gasteiger partial charge in [0.25, 0.3) is 5.91 Å². The average Bonchev–Trinajstić information content (AvgIpc) is 2.68. The summed E-state index contributed by atoms with van der Waals surface area (Å²) in [4.78, 5) is 12.8. The third-order valence-corrected chi connectivity index (χ3v) is 4.50. The van der Waals surface area contributed by atoms with Crippen LogP contribution in [-0.4, -0.2) is 19.1 Å². The van der Waals surface area contributed by atoms with Gasteiger partial charge in [0.1, 0.15) is 5.75 Å². The number of unbranched alkanes of at least 4 members (excludes halogenated alkanes) is 1. The number of ether oxygens (including phenoxy) is 2. The fourth-order valence-electron chi connectivity index (χ4n) is 2.95. The molecule has 2 aromatic rings. The Bertz CT molecular complexity index is 755. The summed E-state index contributed by atoms with van der Waals surface area (Å²) in [5, 5.41) is 3.08. The number of carbonyl (C=O) groups is 1. The quantitative estimate of drug-likeness (QED) is 0.561. The summed E-state index contributed by atoms with van der Waals surface area (Å²) < 4.78 is 11.4. The van der Waals surface area contributed by atoms with Crippen LogP contribution in [0.15, 0.2) is 36.4 Å². The molecule has 0 spiro atoms. The van der Waals surface area contributed by atoms with Crippen molar-refractivity contribution in [1.82, 2.24) is 0 Å². The Kier molecular flexibility index (Phi) is 8.34. The van der Waals surface area contributed by atoms with Crippen LogP contribution in [-0.2, 0) is 17.8 Å². The fraction of sp³-hybridized carbons (Fsp3) is 0.435. The molecule has 0 saturated heterocycles. The van der Waals surface area contributed by atoms with Crippen LogP contribution in [0.25, 0.3) is 0 Å². The minimum absolute atomic E-state index is 0.114. The first-order chi connectivity index (χ1) is 13.1. The van der Waals surface area contributed by atoms with Crippen LogP contribution in [0.1, 0.15) is 60.7 Å². The smallest absolute Gasteiger partial charge is 0.255 e. The highest BCUT2D eigenvalue weighted by atomic mass is 16.5. The molecule has 146 valence electrons. The van der Waals surface area contributed by atoms with Gasteiger partial charge in [-0.05, 0) is 56.0 Å². The van der Waals surface area contributed by atoms with E-state index in [0.29, 0.717) is 25.4 Å². The third-order valence-electron chi connectivity index (χ3n) is 4.50. The molecule has 2 rings (SSSR count). The number of benzene rings is 2. The Hall–Kier alpha value is -2.33. The van der Waals surface area contributed by atoms with Crippen LogP contribution < -0.4 is 10.1 Å². The van der Waals surface area contributed by atoms with Gasteiger partial charge in [-0.25, -0.2) is 0 Å². The number of hydrogen-bond donors (Lipinski definition) is 1. The largest absolute Gasteiger partial charge is 0.494 e. The van der Waals surface area contributed by atoms with E-state index in [1.807, 2.05) is 44.2 Å². The summed E-state index contributed by atoms with van der Waals surface area (Å²) in [6, 6.07) is 11.6. The molecule has 27 heavy (non-hydrogen) atoms. The number of para-hydroxylation sites is 1. The van der Waals surface area contributed by atoms with Gasteiger partial charge in [-0.15, -0.1) is 0 Å². The summed E-state index contributed by atoms with van der Waals surface area (Å²) in [6.07, 6.45) is 2.99. The third kappa shape index (κ3) is 5.83. The Morgan fingerprint density at radius 2 is 1.89 bits per heavy atom. The highest BCUT2D eigenvalue weighted by Crippen LogP contribution is 2.25. The molecule has 1 N–H and O–H groups in total. The van der Waals surface area contributed by atoms with E-state index < -0.39 is 0 Å². The lowest BCUT2D eigenvalue weighted by molar-refractivity contribution is 0.102. The molecule has 0 aliphatic heterocycles. The zero-order chi connectivity index (χ0) is 19.6. The first-order valence-electron chi connectivity index (χ1n) is 9.83. The summed E-state index contributed by atoms with van der Waals surface area (Å²) in [5.41, 5.74) is 4.62. The molecule has 4 heteroatoms. The molecule has 0 aromatic heterocycles. The van der Waals surface area contributed by atoms with Gasteiger partial charge in [-0.2, -0.15) is 0 Å². The van der Waals surface area contributed by atoms with Crippen molar-refractivity contribution in [2.24, 2.45) is 0 Å². The maximum Gasteiger partial charge on any atom is 0.255 e. The molecular weight excluding hydrogens is 338 g/mol. The van der Waals surface area contributed by atoms with E-state index in [2.05, 4.69) is 19.2 Å². The van der Waals surface area contributed by atoms with E-state index in [0.717, 1.165) is 47.4 Å². The van der Waals surface area contributed by atoms with Gasteiger partial charge in [0.15, 0.2) is 0 Å². The molecule has 0 saturated carbocycles. The number of rotatable bonds is 10. The second-order valence-corrected chi connectivity index (χ2v) is 6.58. The number of amides is 1. The van der Waals surface area contributed by atoms with Crippen molar-refractivity contribution in [3.8, 4) is 5.75 Å². The van der Waals surface area contributed by atoms with Crippen LogP contribution in [0, 0.1) is 6.92 Å². The van der Waals surface area contributed by atoms with Crippen LogP contribution >= 0.6 is 0 Å². The summed E-state index contributed by atoms with van der Waals surface area (Å²) >= 11 is 0. The van der Waals surface area contributed by atoms with E-state index in [9.17, 15) is 4.79 Å². The zero-order valence-electron chi connectivity index (χ0n) is 16.9. The predicted octanol–water partition coefficient (Wildman–Crippen LogP) is 5.53. The molecule has 0 fully saturated rings. The fourth-order valence-corrected chi connectivity index (χ4v) is 2.95. The van der Waals surface area contributed by atoms with Gasteiger partial charge < -0.3 is 14.8 Å². The van der Waals surface area contributed by atoms with Gasteiger partial charge in [-0.3, -0.25) is 4.79 Å². The molecule has 0 bridgehead atoms. The molecule has 1 amide bonds. The van der Waals surface area contributed by atoms with Crippen LogP contribution in [0.3, 0.4) is 0 Å². The Balaban J connectivity index is 2.20. The number of nitrogens with one attached hydrogen (secondary N) is 1. The summed E-state index contributed by atoms with van der Waals surface area (Å²) in [5.74, 6) is 0.660. The topological polar surface area (TPSA) is 47.6 Å². The average molecular weight is 370 g/mol. The van der Waals surface area contributed by atoms with Crippen LogP contribution in [0.5, 0.6) is 5.75 Å². The molecule has 0 radical (unpaired) electrons. The first-order valence-corrected chi connectivity index (χ1v) is 9.83. The normalized spacial score (nSPS) is 10.7. The predicted molar refractivity (Wildman–Crippen MR) is 111 cm³/mol. The number of anilines is 1. The lowest BCUT2D eigenvalue weighted by Crippen LogP contribution is -2.15. The lowest BCUT2D eigenvalue weighted by Gasteiger charge is -2.15. The second kappa shape index (κ2) is 10.7. The van der Waals surface area contributed by atoms with Crippen molar-refractivity contribution in [2.45, 2.75) is 53.6 Å². The highest BCUT2D eigenvalue weighted by molar-refractivity contribution is 6.05. The van der Waals surface area contributed by atoms with E-state index in [4.69, 9.17) is 9.47 Å². The van der Waals surface area contributed by atoms with E-state index in [1.165, 1.54) is 0 Å². The molecule has 2 aromatic carbocycles. The maximum absolute atomic E-state index is 12.8. The molecule has 0 aliphatic carbocycles. The number of aryl methyl sites for hydroxylation is 2. The van der Waals surface area contributed by atoms with Gasteiger partial charge in [0.2, 0.25) is 0 Å². The van der Waals surface area contributed by atoms with Crippen molar-refractivity contribution in [1.29, 1.82) is 0 Å². The second-order valence-electron chi connectivity index (χ2n) is 6.58. The Labute approximate surface area is 162 Å². The van der Waals surface area contributed by atoms with Crippen LogP contribution in [0.4, 0.5) is 5.69 Å². The van der Waals surface area contributed by atoms with Crippen molar-refractivity contribution < 1.29 is 14.3 Å².